The number of benzene rings is 1. The minimum atomic E-state index is -0.318. The number of hydrogen-bond acceptors (Lipinski definition) is 3. The number of rotatable bonds is 7. The molecular weight excluding hydrogens is 242 g/mol. The maximum atomic E-state index is 12.1. The van der Waals surface area contributed by atoms with Gasteiger partial charge in [0.05, 0.1) is 20.0 Å². The Hall–Kier alpha value is -2.10. The Morgan fingerprint density at radius 1 is 1.32 bits per heavy atom. The molecule has 0 aliphatic carbocycles. The average Bonchev–Trinajstić information content (AvgIpc) is 2.44. The number of hydrogen-bond donors (Lipinski definition) is 0. The highest BCUT2D eigenvalue weighted by Crippen LogP contribution is 2.04. The third-order valence-corrected chi connectivity index (χ3v) is 2.71. The van der Waals surface area contributed by atoms with E-state index in [4.69, 9.17) is 0 Å². The van der Waals surface area contributed by atoms with Gasteiger partial charge in [-0.2, -0.15) is 0 Å². The number of methoxy groups -OCH3 is 1. The summed E-state index contributed by atoms with van der Waals surface area (Å²) in [5.74, 6) is -0.337. The van der Waals surface area contributed by atoms with Gasteiger partial charge < -0.3 is 9.64 Å². The van der Waals surface area contributed by atoms with E-state index in [9.17, 15) is 9.59 Å². The summed E-state index contributed by atoms with van der Waals surface area (Å²) in [6.07, 6.45) is 2.18. The first kappa shape index (κ1) is 15.0. The first-order valence-corrected chi connectivity index (χ1v) is 6.16. The fourth-order valence-corrected chi connectivity index (χ4v) is 1.68. The van der Waals surface area contributed by atoms with Crippen LogP contribution < -0.4 is 0 Å². The van der Waals surface area contributed by atoms with E-state index in [1.165, 1.54) is 7.11 Å². The maximum Gasteiger partial charge on any atom is 0.307 e. The van der Waals surface area contributed by atoms with Crippen molar-refractivity contribution in [2.45, 2.75) is 12.8 Å². The van der Waals surface area contributed by atoms with E-state index in [2.05, 4.69) is 11.3 Å². The fourth-order valence-electron chi connectivity index (χ4n) is 1.68. The number of carbonyl (C=O) groups is 2. The van der Waals surface area contributed by atoms with Crippen molar-refractivity contribution in [2.24, 2.45) is 0 Å². The van der Waals surface area contributed by atoms with Gasteiger partial charge >= 0.3 is 5.97 Å². The van der Waals surface area contributed by atoms with Crippen molar-refractivity contribution in [3.05, 3.63) is 48.6 Å². The smallest absolute Gasteiger partial charge is 0.307 e. The Morgan fingerprint density at radius 3 is 2.58 bits per heavy atom. The lowest BCUT2D eigenvalue weighted by Crippen LogP contribution is -2.34. The Labute approximate surface area is 113 Å². The van der Waals surface area contributed by atoms with Crippen molar-refractivity contribution in [1.82, 2.24) is 4.90 Å². The number of esters is 1. The molecule has 0 heterocycles. The SMILES string of the molecule is C=CCN(CCC(=O)OC)C(=O)Cc1ccccc1. The van der Waals surface area contributed by atoms with Gasteiger partial charge in [-0.15, -0.1) is 6.58 Å². The molecule has 0 unspecified atom stereocenters. The predicted octanol–water partition coefficient (Wildman–Crippen LogP) is 1.81. The molecule has 1 amide bonds. The van der Waals surface area contributed by atoms with E-state index in [1.807, 2.05) is 30.3 Å². The van der Waals surface area contributed by atoms with Gasteiger partial charge in [0.25, 0.3) is 0 Å². The lowest BCUT2D eigenvalue weighted by molar-refractivity contribution is -0.141. The molecule has 1 aromatic rings. The first-order valence-electron chi connectivity index (χ1n) is 6.16. The Morgan fingerprint density at radius 2 is 2.00 bits per heavy atom. The van der Waals surface area contributed by atoms with Crippen molar-refractivity contribution >= 4 is 11.9 Å². The standard InChI is InChI=1S/C15H19NO3/c1-3-10-16(11-9-15(18)19-2)14(17)12-13-7-5-4-6-8-13/h3-8H,1,9-12H2,2H3. The van der Waals surface area contributed by atoms with Gasteiger partial charge in [0.1, 0.15) is 0 Å². The lowest BCUT2D eigenvalue weighted by atomic mass is 10.1. The normalized spacial score (nSPS) is 9.74. The van der Waals surface area contributed by atoms with Crippen LogP contribution in [0.2, 0.25) is 0 Å². The van der Waals surface area contributed by atoms with Gasteiger partial charge in [-0.05, 0) is 5.56 Å². The van der Waals surface area contributed by atoms with Crippen LogP contribution in [-0.4, -0.2) is 37.0 Å². The number of nitrogens with zero attached hydrogens (tertiary/aromatic N) is 1. The minimum absolute atomic E-state index is 0.0185. The summed E-state index contributed by atoms with van der Waals surface area (Å²) in [7, 11) is 1.34. The Bertz CT molecular complexity index is 428. The zero-order chi connectivity index (χ0) is 14.1. The minimum Gasteiger partial charge on any atom is -0.469 e. The molecule has 1 aromatic carbocycles. The van der Waals surface area contributed by atoms with Gasteiger partial charge in [0.15, 0.2) is 0 Å². The highest BCUT2D eigenvalue weighted by atomic mass is 16.5. The van der Waals surface area contributed by atoms with Crippen molar-refractivity contribution < 1.29 is 14.3 Å². The molecule has 0 saturated heterocycles. The van der Waals surface area contributed by atoms with Crippen LogP contribution >= 0.6 is 0 Å². The molecule has 0 spiro atoms. The van der Waals surface area contributed by atoms with E-state index in [-0.39, 0.29) is 18.3 Å². The number of carbonyl (C=O) groups excluding carboxylic acids is 2. The summed E-state index contributed by atoms with van der Waals surface area (Å²) in [6.45, 7) is 4.41. The summed E-state index contributed by atoms with van der Waals surface area (Å²) >= 11 is 0. The Balaban J connectivity index is 2.57. The number of amides is 1. The largest absolute Gasteiger partial charge is 0.469 e. The first-order chi connectivity index (χ1) is 9.17. The fraction of sp³-hybridized carbons (Fsp3) is 0.333. The van der Waals surface area contributed by atoms with Gasteiger partial charge in [-0.3, -0.25) is 9.59 Å². The van der Waals surface area contributed by atoms with Gasteiger partial charge in [-0.25, -0.2) is 0 Å². The molecule has 0 bridgehead atoms. The summed E-state index contributed by atoms with van der Waals surface area (Å²) in [5, 5.41) is 0. The molecule has 102 valence electrons. The highest BCUT2D eigenvalue weighted by molar-refractivity contribution is 5.79. The van der Waals surface area contributed by atoms with E-state index in [0.29, 0.717) is 19.5 Å². The molecule has 1 rings (SSSR count). The highest BCUT2D eigenvalue weighted by Gasteiger charge is 2.14. The molecule has 0 aliphatic heterocycles. The quantitative estimate of drug-likeness (QED) is 0.555. The van der Waals surface area contributed by atoms with Crippen LogP contribution in [0.4, 0.5) is 0 Å². The molecule has 0 fully saturated rings. The van der Waals surface area contributed by atoms with E-state index >= 15 is 0 Å². The molecule has 19 heavy (non-hydrogen) atoms. The third kappa shape index (κ3) is 5.38. The molecule has 4 heteroatoms. The van der Waals surface area contributed by atoms with Crippen molar-refractivity contribution in [2.75, 3.05) is 20.2 Å². The maximum absolute atomic E-state index is 12.1. The summed E-state index contributed by atoms with van der Waals surface area (Å²) in [4.78, 5) is 24.9. The van der Waals surface area contributed by atoms with Crippen LogP contribution in [0, 0.1) is 0 Å². The Kier molecular flexibility index (Phi) is 6.36. The summed E-state index contributed by atoms with van der Waals surface area (Å²) in [6, 6.07) is 9.52. The second-order valence-electron chi connectivity index (χ2n) is 4.12. The van der Waals surface area contributed by atoms with Gasteiger partial charge in [0.2, 0.25) is 5.91 Å². The molecule has 0 N–H and O–H groups in total. The zero-order valence-electron chi connectivity index (χ0n) is 11.2. The molecule has 0 saturated carbocycles. The second kappa shape index (κ2) is 8.08. The molecule has 0 radical (unpaired) electrons. The van der Waals surface area contributed by atoms with Crippen molar-refractivity contribution in [3.8, 4) is 0 Å². The van der Waals surface area contributed by atoms with Crippen LogP contribution in [0.3, 0.4) is 0 Å². The summed E-state index contributed by atoms with van der Waals surface area (Å²) in [5.41, 5.74) is 0.958. The van der Waals surface area contributed by atoms with Crippen molar-refractivity contribution in [3.63, 3.8) is 0 Å². The zero-order valence-corrected chi connectivity index (χ0v) is 11.2. The predicted molar refractivity (Wildman–Crippen MR) is 73.6 cm³/mol. The topological polar surface area (TPSA) is 46.6 Å². The van der Waals surface area contributed by atoms with Crippen molar-refractivity contribution in [1.29, 1.82) is 0 Å². The van der Waals surface area contributed by atoms with E-state index in [0.717, 1.165) is 5.56 Å². The molecule has 4 nitrogen and oxygen atoms in total. The lowest BCUT2D eigenvalue weighted by Gasteiger charge is -2.20. The molecule has 0 aromatic heterocycles. The molecule has 0 atom stereocenters. The van der Waals surface area contributed by atoms with Gasteiger partial charge in [0, 0.05) is 13.1 Å². The van der Waals surface area contributed by atoms with Crippen LogP contribution in [0.1, 0.15) is 12.0 Å². The summed E-state index contributed by atoms with van der Waals surface area (Å²) < 4.78 is 4.57. The van der Waals surface area contributed by atoms with Crippen LogP contribution in [0.15, 0.2) is 43.0 Å². The van der Waals surface area contributed by atoms with E-state index < -0.39 is 0 Å². The molecular formula is C15H19NO3. The van der Waals surface area contributed by atoms with E-state index in [1.54, 1.807) is 11.0 Å². The monoisotopic (exact) mass is 261 g/mol. The van der Waals surface area contributed by atoms with Gasteiger partial charge in [-0.1, -0.05) is 36.4 Å². The number of ether oxygens (including phenoxy) is 1. The van der Waals surface area contributed by atoms with Crippen LogP contribution in [0.25, 0.3) is 0 Å². The van der Waals surface area contributed by atoms with Crippen LogP contribution in [0.5, 0.6) is 0 Å². The third-order valence-electron chi connectivity index (χ3n) is 2.71. The molecule has 0 aliphatic rings. The van der Waals surface area contributed by atoms with Crippen LogP contribution in [-0.2, 0) is 20.7 Å². The average molecular weight is 261 g/mol. The second-order valence-corrected chi connectivity index (χ2v) is 4.12.